The van der Waals surface area contributed by atoms with E-state index < -0.39 is 0 Å². The molecule has 1 fully saturated rings. The Morgan fingerprint density at radius 3 is 2.31 bits per heavy atom. The Morgan fingerprint density at radius 1 is 0.846 bits per heavy atom. The summed E-state index contributed by atoms with van der Waals surface area (Å²) in [6.45, 7) is 3.20. The van der Waals surface area contributed by atoms with Crippen molar-refractivity contribution in [1.29, 1.82) is 0 Å². The first-order chi connectivity index (χ1) is 12.8. The van der Waals surface area contributed by atoms with Crippen molar-refractivity contribution in [2.75, 3.05) is 13.1 Å². The van der Waals surface area contributed by atoms with Crippen LogP contribution in [0.3, 0.4) is 0 Å². The standard InChI is InChI=1S/C24H25NO/c26-24(23-11-10-21-8-4-5-9-22(21)17-23)16-19-12-14-25(15-13-19)18-20-6-2-1-3-7-20/h1-11,17,19H,12-16,18H2. The number of hydrogen-bond acceptors (Lipinski definition) is 2. The molecule has 1 aliphatic rings. The van der Waals surface area contributed by atoms with Gasteiger partial charge in [0.05, 0.1) is 0 Å². The van der Waals surface area contributed by atoms with Gasteiger partial charge in [-0.25, -0.2) is 0 Å². The van der Waals surface area contributed by atoms with Crippen molar-refractivity contribution in [3.8, 4) is 0 Å². The summed E-state index contributed by atoms with van der Waals surface area (Å²) in [6.07, 6.45) is 2.91. The van der Waals surface area contributed by atoms with E-state index in [0.717, 1.165) is 43.4 Å². The first-order valence-electron chi connectivity index (χ1n) is 9.56. The maximum absolute atomic E-state index is 12.7. The summed E-state index contributed by atoms with van der Waals surface area (Å²) in [5.74, 6) is 0.804. The van der Waals surface area contributed by atoms with Crippen LogP contribution < -0.4 is 0 Å². The number of ketones is 1. The van der Waals surface area contributed by atoms with Gasteiger partial charge < -0.3 is 0 Å². The predicted octanol–water partition coefficient (Wildman–Crippen LogP) is 5.32. The quantitative estimate of drug-likeness (QED) is 0.584. The molecule has 1 heterocycles. The molecule has 0 N–H and O–H groups in total. The van der Waals surface area contributed by atoms with Crippen molar-refractivity contribution in [2.45, 2.75) is 25.8 Å². The number of hydrogen-bond donors (Lipinski definition) is 0. The number of rotatable bonds is 5. The van der Waals surface area contributed by atoms with Crippen molar-refractivity contribution < 1.29 is 4.79 Å². The van der Waals surface area contributed by atoms with Crippen molar-refractivity contribution in [1.82, 2.24) is 4.90 Å². The Hall–Kier alpha value is -2.45. The number of nitrogens with zero attached hydrogens (tertiary/aromatic N) is 1. The monoisotopic (exact) mass is 343 g/mol. The van der Waals surface area contributed by atoms with Gasteiger partial charge >= 0.3 is 0 Å². The molecule has 2 heteroatoms. The van der Waals surface area contributed by atoms with Gasteiger partial charge in [-0.15, -0.1) is 0 Å². The third kappa shape index (κ3) is 4.03. The Balaban J connectivity index is 1.32. The fourth-order valence-electron chi connectivity index (χ4n) is 3.93. The predicted molar refractivity (Wildman–Crippen MR) is 107 cm³/mol. The van der Waals surface area contributed by atoms with Crippen molar-refractivity contribution in [2.24, 2.45) is 5.92 Å². The Bertz CT molecular complexity index is 879. The SMILES string of the molecule is O=C(CC1CCN(Cc2ccccc2)CC1)c1ccc2ccccc2c1. The van der Waals surface area contributed by atoms with Crippen molar-refractivity contribution in [3.63, 3.8) is 0 Å². The zero-order chi connectivity index (χ0) is 17.8. The molecule has 0 aliphatic carbocycles. The lowest BCUT2D eigenvalue weighted by Gasteiger charge is -2.31. The summed E-state index contributed by atoms with van der Waals surface area (Å²) in [5, 5.41) is 2.34. The van der Waals surface area contributed by atoms with Gasteiger partial charge in [0.25, 0.3) is 0 Å². The first-order valence-corrected chi connectivity index (χ1v) is 9.56. The van der Waals surface area contributed by atoms with Gasteiger partial charge in [0, 0.05) is 18.5 Å². The van der Waals surface area contributed by atoms with Crippen LogP contribution in [0.4, 0.5) is 0 Å². The molecule has 0 amide bonds. The lowest BCUT2D eigenvalue weighted by Crippen LogP contribution is -2.33. The van der Waals surface area contributed by atoms with E-state index in [1.54, 1.807) is 0 Å². The highest BCUT2D eigenvalue weighted by Gasteiger charge is 2.22. The first kappa shape index (κ1) is 17.0. The van der Waals surface area contributed by atoms with Crippen LogP contribution in [-0.4, -0.2) is 23.8 Å². The van der Waals surface area contributed by atoms with E-state index in [1.165, 1.54) is 10.9 Å². The highest BCUT2D eigenvalue weighted by atomic mass is 16.1. The molecule has 0 unspecified atom stereocenters. The smallest absolute Gasteiger partial charge is 0.163 e. The average molecular weight is 343 g/mol. The molecule has 0 radical (unpaired) electrons. The average Bonchev–Trinajstić information content (AvgIpc) is 2.70. The van der Waals surface area contributed by atoms with Gasteiger partial charge in [-0.1, -0.05) is 66.7 Å². The molecule has 3 aromatic carbocycles. The van der Waals surface area contributed by atoms with Crippen LogP contribution in [0.5, 0.6) is 0 Å². The summed E-state index contributed by atoms with van der Waals surface area (Å²) in [5.41, 5.74) is 2.23. The van der Waals surface area contributed by atoms with Crippen LogP contribution in [0, 0.1) is 5.92 Å². The number of likely N-dealkylation sites (tertiary alicyclic amines) is 1. The zero-order valence-electron chi connectivity index (χ0n) is 15.1. The van der Waals surface area contributed by atoms with Gasteiger partial charge in [-0.2, -0.15) is 0 Å². The Labute approximate surface area is 155 Å². The summed E-state index contributed by atoms with van der Waals surface area (Å²) < 4.78 is 0. The third-order valence-electron chi connectivity index (χ3n) is 5.50. The molecule has 0 atom stereocenters. The number of fused-ring (bicyclic) bond motifs is 1. The lowest BCUT2D eigenvalue weighted by atomic mass is 9.89. The molecule has 132 valence electrons. The molecule has 0 aromatic heterocycles. The minimum Gasteiger partial charge on any atom is -0.299 e. The van der Waals surface area contributed by atoms with E-state index in [-0.39, 0.29) is 5.78 Å². The fraction of sp³-hybridized carbons (Fsp3) is 0.292. The summed E-state index contributed by atoms with van der Waals surface area (Å²) >= 11 is 0. The molecule has 0 bridgehead atoms. The minimum absolute atomic E-state index is 0.289. The van der Waals surface area contributed by atoms with Crippen LogP contribution in [0.15, 0.2) is 72.8 Å². The highest BCUT2D eigenvalue weighted by Crippen LogP contribution is 2.25. The molecule has 3 aromatic rings. The van der Waals surface area contributed by atoms with Gasteiger partial charge in [-0.3, -0.25) is 9.69 Å². The fourth-order valence-corrected chi connectivity index (χ4v) is 3.93. The van der Waals surface area contributed by atoms with Gasteiger partial charge in [0.2, 0.25) is 0 Å². The molecule has 1 aliphatic heterocycles. The minimum atomic E-state index is 0.289. The molecule has 26 heavy (non-hydrogen) atoms. The number of benzene rings is 3. The Morgan fingerprint density at radius 2 is 1.54 bits per heavy atom. The van der Waals surface area contributed by atoms with Crippen molar-refractivity contribution in [3.05, 3.63) is 83.9 Å². The molecular formula is C24H25NO. The lowest BCUT2D eigenvalue weighted by molar-refractivity contribution is 0.0925. The van der Waals surface area contributed by atoms with Crippen LogP contribution in [0.25, 0.3) is 10.8 Å². The largest absolute Gasteiger partial charge is 0.299 e. The van der Waals surface area contributed by atoms with E-state index in [0.29, 0.717) is 12.3 Å². The number of carbonyl (C=O) groups is 1. The zero-order valence-corrected chi connectivity index (χ0v) is 15.1. The van der Waals surface area contributed by atoms with Gasteiger partial charge in [-0.05, 0) is 54.3 Å². The van der Waals surface area contributed by atoms with Crippen LogP contribution in [-0.2, 0) is 6.54 Å². The number of piperidine rings is 1. The number of carbonyl (C=O) groups excluding carboxylic acids is 1. The summed E-state index contributed by atoms with van der Waals surface area (Å²) in [4.78, 5) is 15.2. The highest BCUT2D eigenvalue weighted by molar-refractivity contribution is 6.00. The second-order valence-electron chi connectivity index (χ2n) is 7.39. The maximum Gasteiger partial charge on any atom is 0.163 e. The van der Waals surface area contributed by atoms with Crippen LogP contribution in [0.2, 0.25) is 0 Å². The molecule has 1 saturated heterocycles. The van der Waals surface area contributed by atoms with E-state index in [9.17, 15) is 4.79 Å². The molecule has 0 spiro atoms. The maximum atomic E-state index is 12.7. The normalized spacial score (nSPS) is 16.0. The molecule has 0 saturated carbocycles. The van der Waals surface area contributed by atoms with E-state index in [4.69, 9.17) is 0 Å². The van der Waals surface area contributed by atoms with Crippen molar-refractivity contribution >= 4 is 16.6 Å². The third-order valence-corrected chi connectivity index (χ3v) is 5.50. The van der Waals surface area contributed by atoms with Gasteiger partial charge in [0.15, 0.2) is 5.78 Å². The van der Waals surface area contributed by atoms with Gasteiger partial charge in [0.1, 0.15) is 0 Å². The Kier molecular flexibility index (Phi) is 5.12. The summed E-state index contributed by atoms with van der Waals surface area (Å²) in [7, 11) is 0. The van der Waals surface area contributed by atoms with E-state index >= 15 is 0 Å². The van der Waals surface area contributed by atoms with Crippen LogP contribution in [0.1, 0.15) is 35.2 Å². The van der Waals surface area contributed by atoms with E-state index in [2.05, 4.69) is 53.4 Å². The molecule has 2 nitrogen and oxygen atoms in total. The topological polar surface area (TPSA) is 20.3 Å². The molecule has 4 rings (SSSR count). The van der Waals surface area contributed by atoms with Crippen LogP contribution >= 0.6 is 0 Å². The second-order valence-corrected chi connectivity index (χ2v) is 7.39. The molecular weight excluding hydrogens is 318 g/mol. The number of Topliss-reactive ketones (excluding diaryl/α,β-unsaturated/α-hetero) is 1. The second kappa shape index (κ2) is 7.84. The summed E-state index contributed by atoms with van der Waals surface area (Å²) in [6, 6.07) is 25.0. The van der Waals surface area contributed by atoms with E-state index in [1.807, 2.05) is 24.3 Å².